The molecule has 2 rings (SSSR count). The van der Waals surface area contributed by atoms with Crippen molar-refractivity contribution in [3.8, 4) is 0 Å². The summed E-state index contributed by atoms with van der Waals surface area (Å²) in [7, 11) is 1.58. The van der Waals surface area contributed by atoms with Crippen LogP contribution in [0.3, 0.4) is 0 Å². The normalized spacial score (nSPS) is 15.3. The van der Waals surface area contributed by atoms with Crippen LogP contribution in [0.1, 0.15) is 59.9 Å². The van der Waals surface area contributed by atoms with Crippen molar-refractivity contribution in [2.24, 2.45) is 0 Å². The number of aryl methyl sites for hydroxylation is 1. The molecule has 6 heteroatoms. The van der Waals surface area contributed by atoms with Crippen LogP contribution in [0.2, 0.25) is 0 Å². The summed E-state index contributed by atoms with van der Waals surface area (Å²) in [4.78, 5) is 24.1. The first-order valence-corrected chi connectivity index (χ1v) is 8.77. The van der Waals surface area contributed by atoms with E-state index in [0.29, 0.717) is 24.8 Å². The van der Waals surface area contributed by atoms with Gasteiger partial charge < -0.3 is 19.9 Å². The molecule has 1 aliphatic rings. The van der Waals surface area contributed by atoms with Gasteiger partial charge >= 0.3 is 0 Å². The number of methoxy groups -OCH3 is 1. The predicted octanol–water partition coefficient (Wildman–Crippen LogP) is 2.10. The molecule has 1 saturated carbocycles. The average molecular weight is 335 g/mol. The van der Waals surface area contributed by atoms with Crippen LogP contribution in [-0.2, 0) is 9.53 Å². The highest BCUT2D eigenvalue weighted by atomic mass is 16.5. The monoisotopic (exact) mass is 335 g/mol. The molecule has 1 aromatic rings. The molecule has 1 fully saturated rings. The van der Waals surface area contributed by atoms with E-state index < -0.39 is 0 Å². The van der Waals surface area contributed by atoms with Gasteiger partial charge in [-0.25, -0.2) is 0 Å². The van der Waals surface area contributed by atoms with Crippen LogP contribution in [0.15, 0.2) is 6.07 Å². The minimum absolute atomic E-state index is 0.0182. The summed E-state index contributed by atoms with van der Waals surface area (Å²) in [6, 6.07) is 2.43. The van der Waals surface area contributed by atoms with E-state index in [2.05, 4.69) is 22.1 Å². The zero-order chi connectivity index (χ0) is 17.5. The van der Waals surface area contributed by atoms with Crippen LogP contribution >= 0.6 is 0 Å². The second kappa shape index (κ2) is 8.87. The van der Waals surface area contributed by atoms with Gasteiger partial charge in [0.2, 0.25) is 5.91 Å². The van der Waals surface area contributed by atoms with Gasteiger partial charge in [0.25, 0.3) is 5.91 Å². The molecule has 134 valence electrons. The predicted molar refractivity (Wildman–Crippen MR) is 93.2 cm³/mol. The lowest BCUT2D eigenvalue weighted by Gasteiger charge is -2.26. The molecule has 1 aliphatic carbocycles. The van der Waals surface area contributed by atoms with Crippen LogP contribution in [0.5, 0.6) is 0 Å². The first-order chi connectivity index (χ1) is 11.5. The zero-order valence-corrected chi connectivity index (χ0v) is 15.0. The number of hydrogen-bond donors (Lipinski definition) is 2. The van der Waals surface area contributed by atoms with E-state index in [1.807, 2.05) is 13.0 Å². The number of rotatable bonds is 7. The molecule has 0 aliphatic heterocycles. The van der Waals surface area contributed by atoms with Gasteiger partial charge in [-0.3, -0.25) is 9.59 Å². The number of nitrogens with zero attached hydrogens (tertiary/aromatic N) is 1. The maximum absolute atomic E-state index is 12.4. The molecule has 1 heterocycles. The van der Waals surface area contributed by atoms with Gasteiger partial charge in [0, 0.05) is 31.1 Å². The zero-order valence-electron chi connectivity index (χ0n) is 15.0. The van der Waals surface area contributed by atoms with Crippen molar-refractivity contribution in [2.45, 2.75) is 52.0 Å². The van der Waals surface area contributed by atoms with Gasteiger partial charge in [-0.15, -0.1) is 0 Å². The number of carbonyl (C=O) groups excluding carboxylic acids is 2. The summed E-state index contributed by atoms with van der Waals surface area (Å²) in [6.45, 7) is 4.93. The lowest BCUT2D eigenvalue weighted by Crippen LogP contribution is -2.38. The molecule has 24 heavy (non-hydrogen) atoms. The maximum atomic E-state index is 12.4. The summed E-state index contributed by atoms with van der Waals surface area (Å²) < 4.78 is 7.17. The number of aromatic nitrogens is 1. The van der Waals surface area contributed by atoms with Crippen molar-refractivity contribution in [3.05, 3.63) is 23.0 Å². The Morgan fingerprint density at radius 3 is 2.58 bits per heavy atom. The number of hydrogen-bond acceptors (Lipinski definition) is 3. The van der Waals surface area contributed by atoms with Crippen LogP contribution in [0.4, 0.5) is 0 Å². The van der Waals surface area contributed by atoms with Crippen LogP contribution < -0.4 is 10.6 Å². The number of carbonyl (C=O) groups is 2. The minimum atomic E-state index is -0.207. The largest absolute Gasteiger partial charge is 0.383 e. The van der Waals surface area contributed by atoms with Crippen molar-refractivity contribution in [3.63, 3.8) is 0 Å². The molecule has 0 radical (unpaired) electrons. The van der Waals surface area contributed by atoms with E-state index in [1.54, 1.807) is 7.11 Å². The van der Waals surface area contributed by atoms with E-state index in [9.17, 15) is 9.59 Å². The fourth-order valence-electron chi connectivity index (χ4n) is 3.52. The number of nitrogens with one attached hydrogen (secondary N) is 2. The lowest BCUT2D eigenvalue weighted by atomic mass is 9.95. The maximum Gasteiger partial charge on any atom is 0.253 e. The van der Waals surface area contributed by atoms with Gasteiger partial charge in [0.05, 0.1) is 18.7 Å². The Bertz CT molecular complexity index is 574. The summed E-state index contributed by atoms with van der Waals surface area (Å²) in [6.07, 6.45) is 6.18. The molecular weight excluding hydrogens is 306 g/mol. The molecule has 6 nitrogen and oxygen atoms in total. The average Bonchev–Trinajstić information content (AvgIpc) is 2.88. The smallest absolute Gasteiger partial charge is 0.253 e. The van der Waals surface area contributed by atoms with Gasteiger partial charge in [0.1, 0.15) is 0 Å². The van der Waals surface area contributed by atoms with Crippen molar-refractivity contribution in [1.82, 2.24) is 15.2 Å². The third-order valence-corrected chi connectivity index (χ3v) is 4.71. The molecule has 0 atom stereocenters. The molecule has 0 aromatic carbocycles. The fourth-order valence-corrected chi connectivity index (χ4v) is 3.52. The lowest BCUT2D eigenvalue weighted by molar-refractivity contribution is -0.120. The van der Waals surface area contributed by atoms with Crippen LogP contribution in [-0.4, -0.2) is 43.2 Å². The highest BCUT2D eigenvalue weighted by Crippen LogP contribution is 2.32. The Balaban J connectivity index is 1.96. The molecule has 2 amide bonds. The molecular formula is C18H29N3O3. The standard InChI is InChI=1S/C18H29N3O3/c1-13-11-16(14(2)21(13)15-7-5-4-6-8-15)18(23)20-12-17(22)19-9-10-24-3/h11,15H,4-10,12H2,1-3H3,(H,19,22)(H,20,23). The summed E-state index contributed by atoms with van der Waals surface area (Å²) in [5.41, 5.74) is 2.79. The molecule has 1 aromatic heterocycles. The van der Waals surface area contributed by atoms with Gasteiger partial charge in [-0.1, -0.05) is 19.3 Å². The van der Waals surface area contributed by atoms with E-state index in [-0.39, 0.29) is 18.4 Å². The van der Waals surface area contributed by atoms with Gasteiger partial charge in [-0.2, -0.15) is 0 Å². The van der Waals surface area contributed by atoms with Crippen molar-refractivity contribution in [1.29, 1.82) is 0 Å². The van der Waals surface area contributed by atoms with Crippen molar-refractivity contribution < 1.29 is 14.3 Å². The third-order valence-electron chi connectivity index (χ3n) is 4.71. The van der Waals surface area contributed by atoms with E-state index in [0.717, 1.165) is 11.4 Å². The fraction of sp³-hybridized carbons (Fsp3) is 0.667. The van der Waals surface area contributed by atoms with Crippen LogP contribution in [0, 0.1) is 13.8 Å². The van der Waals surface area contributed by atoms with E-state index in [4.69, 9.17) is 4.74 Å². The molecule has 2 N–H and O–H groups in total. The second-order valence-electron chi connectivity index (χ2n) is 6.47. The summed E-state index contributed by atoms with van der Waals surface area (Å²) in [5.74, 6) is -0.395. The SMILES string of the molecule is COCCNC(=O)CNC(=O)c1cc(C)n(C2CCCCC2)c1C. The Hall–Kier alpha value is -1.82. The Kier molecular flexibility index (Phi) is 6.85. The highest BCUT2D eigenvalue weighted by Gasteiger charge is 2.22. The summed E-state index contributed by atoms with van der Waals surface area (Å²) in [5, 5.41) is 5.39. The number of amides is 2. The number of ether oxygens (including phenoxy) is 1. The van der Waals surface area contributed by atoms with E-state index in [1.165, 1.54) is 32.1 Å². The van der Waals surface area contributed by atoms with Crippen molar-refractivity contribution in [2.75, 3.05) is 26.8 Å². The first-order valence-electron chi connectivity index (χ1n) is 8.77. The molecule has 0 unspecified atom stereocenters. The first kappa shape index (κ1) is 18.5. The van der Waals surface area contributed by atoms with Gasteiger partial charge in [-0.05, 0) is 32.8 Å². The Labute approximate surface area is 143 Å². The van der Waals surface area contributed by atoms with Crippen LogP contribution in [0.25, 0.3) is 0 Å². The molecule has 0 bridgehead atoms. The topological polar surface area (TPSA) is 72.4 Å². The summed E-state index contributed by atoms with van der Waals surface area (Å²) >= 11 is 0. The molecule has 0 spiro atoms. The Morgan fingerprint density at radius 2 is 1.92 bits per heavy atom. The van der Waals surface area contributed by atoms with Gasteiger partial charge in [0.15, 0.2) is 0 Å². The second-order valence-corrected chi connectivity index (χ2v) is 6.47. The highest BCUT2D eigenvalue weighted by molar-refractivity contribution is 5.97. The minimum Gasteiger partial charge on any atom is -0.383 e. The third kappa shape index (κ3) is 4.60. The Morgan fingerprint density at radius 1 is 1.21 bits per heavy atom. The quantitative estimate of drug-likeness (QED) is 0.750. The van der Waals surface area contributed by atoms with Crippen molar-refractivity contribution >= 4 is 11.8 Å². The molecule has 0 saturated heterocycles. The van der Waals surface area contributed by atoms with E-state index >= 15 is 0 Å².